The second-order valence-electron chi connectivity index (χ2n) is 5.42. The summed E-state index contributed by atoms with van der Waals surface area (Å²) in [6.45, 7) is 13.9. The molecule has 0 radical (unpaired) electrons. The summed E-state index contributed by atoms with van der Waals surface area (Å²) in [4.78, 5) is 2.34. The van der Waals surface area contributed by atoms with Crippen molar-refractivity contribution in [3.05, 3.63) is 28.8 Å². The fourth-order valence-electron chi connectivity index (χ4n) is 2.31. The van der Waals surface area contributed by atoms with Crippen molar-refractivity contribution in [1.29, 1.82) is 0 Å². The molecule has 0 fully saturated rings. The average molecular weight is 283 g/mol. The molecule has 1 unspecified atom stereocenters. The van der Waals surface area contributed by atoms with Crippen LogP contribution in [0.3, 0.4) is 0 Å². The zero-order valence-electron chi connectivity index (χ0n) is 12.8. The first-order chi connectivity index (χ1) is 8.99. The Bertz CT molecular complexity index is 390. The Morgan fingerprint density at radius 3 is 2.37 bits per heavy atom. The number of nitrogens with one attached hydrogen (secondary N) is 1. The lowest BCUT2D eigenvalue weighted by molar-refractivity contribution is 0.597. The number of halogens is 1. The third-order valence-electron chi connectivity index (χ3n) is 3.29. The summed E-state index contributed by atoms with van der Waals surface area (Å²) in [5.74, 6) is 0.636. The lowest BCUT2D eigenvalue weighted by Crippen LogP contribution is -2.27. The van der Waals surface area contributed by atoms with Crippen molar-refractivity contribution in [1.82, 2.24) is 5.32 Å². The molecule has 108 valence electrons. The van der Waals surface area contributed by atoms with Gasteiger partial charge in [-0.1, -0.05) is 38.4 Å². The van der Waals surface area contributed by atoms with E-state index in [1.807, 2.05) is 0 Å². The largest absolute Gasteiger partial charge is 0.370 e. The van der Waals surface area contributed by atoms with Gasteiger partial charge in [-0.25, -0.2) is 0 Å². The highest BCUT2D eigenvalue weighted by Gasteiger charge is 2.12. The van der Waals surface area contributed by atoms with E-state index in [0.717, 1.165) is 30.3 Å². The summed E-state index contributed by atoms with van der Waals surface area (Å²) >= 11 is 6.46. The summed E-state index contributed by atoms with van der Waals surface area (Å²) in [6, 6.07) is 6.76. The van der Waals surface area contributed by atoms with Crippen LogP contribution >= 0.6 is 11.6 Å². The Labute approximate surface area is 123 Å². The number of anilines is 1. The number of rotatable bonds is 7. The normalized spacial score (nSPS) is 12.8. The van der Waals surface area contributed by atoms with Gasteiger partial charge in [0.2, 0.25) is 0 Å². The molecule has 0 aliphatic rings. The van der Waals surface area contributed by atoms with Crippen LogP contribution in [-0.2, 0) is 0 Å². The maximum atomic E-state index is 6.46. The molecular weight excluding hydrogens is 256 g/mol. The van der Waals surface area contributed by atoms with E-state index in [9.17, 15) is 0 Å². The van der Waals surface area contributed by atoms with Gasteiger partial charge in [0, 0.05) is 19.1 Å². The molecule has 0 spiro atoms. The van der Waals surface area contributed by atoms with Crippen LogP contribution in [-0.4, -0.2) is 19.6 Å². The van der Waals surface area contributed by atoms with Crippen LogP contribution in [0.15, 0.2) is 18.2 Å². The first kappa shape index (κ1) is 16.3. The Kier molecular flexibility index (Phi) is 6.67. The molecule has 0 aliphatic heterocycles. The molecule has 0 aromatic heterocycles. The second-order valence-corrected chi connectivity index (χ2v) is 5.83. The minimum atomic E-state index is 0.344. The summed E-state index contributed by atoms with van der Waals surface area (Å²) in [7, 11) is 0. The van der Waals surface area contributed by atoms with Crippen molar-refractivity contribution in [3.63, 3.8) is 0 Å². The van der Waals surface area contributed by atoms with Crippen molar-refractivity contribution < 1.29 is 0 Å². The predicted octanol–water partition coefficient (Wildman–Crippen LogP) is 4.49. The zero-order valence-corrected chi connectivity index (χ0v) is 13.6. The van der Waals surface area contributed by atoms with E-state index >= 15 is 0 Å². The number of benzene rings is 1. The Morgan fingerprint density at radius 2 is 1.89 bits per heavy atom. The summed E-state index contributed by atoms with van der Waals surface area (Å²) in [6.07, 6.45) is 0. The lowest BCUT2D eigenvalue weighted by Gasteiger charge is -2.27. The van der Waals surface area contributed by atoms with Crippen molar-refractivity contribution >= 4 is 17.3 Å². The van der Waals surface area contributed by atoms with Gasteiger partial charge in [-0.05, 0) is 44.0 Å². The Hall–Kier alpha value is -0.730. The van der Waals surface area contributed by atoms with Crippen LogP contribution in [0.4, 0.5) is 5.69 Å². The molecule has 0 amide bonds. The molecule has 1 aromatic carbocycles. The highest BCUT2D eigenvalue weighted by molar-refractivity contribution is 6.33. The molecule has 1 aromatic rings. The van der Waals surface area contributed by atoms with E-state index in [1.54, 1.807) is 0 Å². The fourth-order valence-corrected chi connectivity index (χ4v) is 2.62. The van der Waals surface area contributed by atoms with Gasteiger partial charge in [0.15, 0.2) is 0 Å². The van der Waals surface area contributed by atoms with E-state index in [2.05, 4.69) is 63.0 Å². The summed E-state index contributed by atoms with van der Waals surface area (Å²) in [5.41, 5.74) is 2.39. The van der Waals surface area contributed by atoms with Gasteiger partial charge in [0.1, 0.15) is 0 Å². The first-order valence-corrected chi connectivity index (χ1v) is 7.65. The van der Waals surface area contributed by atoms with Gasteiger partial charge >= 0.3 is 0 Å². The maximum absolute atomic E-state index is 6.46. The van der Waals surface area contributed by atoms with Crippen LogP contribution in [0.5, 0.6) is 0 Å². The molecule has 0 saturated heterocycles. The van der Waals surface area contributed by atoms with E-state index in [-0.39, 0.29) is 0 Å². The second kappa shape index (κ2) is 7.76. The molecule has 1 atom stereocenters. The molecule has 3 heteroatoms. The molecular formula is C16H27ClN2. The minimum absolute atomic E-state index is 0.344. The standard InChI is InChI=1S/C16H27ClN2/c1-6-18-13(5)14-8-9-16(15(17)10-14)19(7-2)11-12(3)4/h8-10,12-13,18H,6-7,11H2,1-5H3. The maximum Gasteiger partial charge on any atom is 0.0642 e. The van der Waals surface area contributed by atoms with E-state index in [1.165, 1.54) is 5.56 Å². The summed E-state index contributed by atoms with van der Waals surface area (Å²) < 4.78 is 0. The Balaban J connectivity index is 2.92. The first-order valence-electron chi connectivity index (χ1n) is 7.27. The van der Waals surface area contributed by atoms with Crippen LogP contribution < -0.4 is 10.2 Å². The SMILES string of the molecule is CCNC(C)c1ccc(N(CC)CC(C)C)c(Cl)c1. The van der Waals surface area contributed by atoms with Crippen molar-refractivity contribution in [2.75, 3.05) is 24.5 Å². The zero-order chi connectivity index (χ0) is 14.4. The van der Waals surface area contributed by atoms with Crippen molar-refractivity contribution in [2.24, 2.45) is 5.92 Å². The van der Waals surface area contributed by atoms with Gasteiger partial charge in [-0.3, -0.25) is 0 Å². The topological polar surface area (TPSA) is 15.3 Å². The van der Waals surface area contributed by atoms with E-state index in [0.29, 0.717) is 12.0 Å². The van der Waals surface area contributed by atoms with Crippen molar-refractivity contribution in [2.45, 2.75) is 40.7 Å². The number of hydrogen-bond acceptors (Lipinski definition) is 2. The summed E-state index contributed by atoms with van der Waals surface area (Å²) in [5, 5.41) is 4.26. The van der Waals surface area contributed by atoms with Crippen molar-refractivity contribution in [3.8, 4) is 0 Å². The van der Waals surface area contributed by atoms with E-state index < -0.39 is 0 Å². The quantitative estimate of drug-likeness (QED) is 0.792. The molecule has 0 heterocycles. The molecule has 0 aliphatic carbocycles. The number of nitrogens with zero attached hydrogens (tertiary/aromatic N) is 1. The molecule has 2 nitrogen and oxygen atoms in total. The van der Waals surface area contributed by atoms with Crippen LogP contribution in [0.2, 0.25) is 5.02 Å². The van der Waals surface area contributed by atoms with Crippen LogP contribution in [0.1, 0.15) is 46.2 Å². The lowest BCUT2D eigenvalue weighted by atomic mass is 10.1. The third-order valence-corrected chi connectivity index (χ3v) is 3.59. The molecule has 0 saturated carbocycles. The van der Waals surface area contributed by atoms with Crippen LogP contribution in [0.25, 0.3) is 0 Å². The Morgan fingerprint density at radius 1 is 1.21 bits per heavy atom. The fraction of sp³-hybridized carbons (Fsp3) is 0.625. The van der Waals surface area contributed by atoms with Crippen LogP contribution in [0, 0.1) is 5.92 Å². The smallest absolute Gasteiger partial charge is 0.0642 e. The minimum Gasteiger partial charge on any atom is -0.370 e. The third kappa shape index (κ3) is 4.70. The molecule has 1 N–H and O–H groups in total. The highest BCUT2D eigenvalue weighted by Crippen LogP contribution is 2.29. The number of hydrogen-bond donors (Lipinski definition) is 1. The molecule has 1 rings (SSSR count). The predicted molar refractivity (Wildman–Crippen MR) is 86.3 cm³/mol. The van der Waals surface area contributed by atoms with E-state index in [4.69, 9.17) is 11.6 Å². The van der Waals surface area contributed by atoms with Gasteiger partial charge in [-0.15, -0.1) is 0 Å². The highest BCUT2D eigenvalue weighted by atomic mass is 35.5. The van der Waals surface area contributed by atoms with Gasteiger partial charge < -0.3 is 10.2 Å². The molecule has 0 bridgehead atoms. The van der Waals surface area contributed by atoms with Gasteiger partial charge in [0.25, 0.3) is 0 Å². The average Bonchev–Trinajstić information content (AvgIpc) is 2.36. The molecule has 19 heavy (non-hydrogen) atoms. The monoisotopic (exact) mass is 282 g/mol. The van der Waals surface area contributed by atoms with Gasteiger partial charge in [-0.2, -0.15) is 0 Å². The van der Waals surface area contributed by atoms with Gasteiger partial charge in [0.05, 0.1) is 10.7 Å².